The van der Waals surface area contributed by atoms with Crippen LogP contribution in [0.2, 0.25) is 5.02 Å². The highest BCUT2D eigenvalue weighted by Crippen LogP contribution is 2.29. The van der Waals surface area contributed by atoms with Crippen molar-refractivity contribution in [1.29, 1.82) is 0 Å². The van der Waals surface area contributed by atoms with Crippen LogP contribution in [0.4, 0.5) is 5.69 Å². The predicted octanol–water partition coefficient (Wildman–Crippen LogP) is 3.09. The molecule has 0 atom stereocenters. The summed E-state index contributed by atoms with van der Waals surface area (Å²) in [5.74, 6) is -0.794. The van der Waals surface area contributed by atoms with Crippen LogP contribution in [0.5, 0.6) is 0 Å². The molecule has 6 rings (SSSR count). The van der Waals surface area contributed by atoms with Crippen LogP contribution < -0.4 is 10.5 Å². The van der Waals surface area contributed by atoms with Gasteiger partial charge in [-0.1, -0.05) is 23.7 Å². The van der Waals surface area contributed by atoms with E-state index in [2.05, 4.69) is 14.8 Å². The zero-order chi connectivity index (χ0) is 21.5. The molecular formula is C23H23ClN4O3. The number of hydrogen-bond acceptors (Lipinski definition) is 5. The minimum Gasteiger partial charge on any atom is -0.480 e. The Morgan fingerprint density at radius 1 is 1.10 bits per heavy atom. The van der Waals surface area contributed by atoms with Gasteiger partial charge in [-0.15, -0.1) is 0 Å². The standard InChI is InChI=1S/C23H23ClN4O3/c24-16-3-1-2-15(12-16)22-25-20-5-4-18(13-19(20)23(31)28(22)14-21(29)30)27-11-10-26-8-6-17(27)7-9-26/h1-5,12-13,17H,6-11,14H2,(H,29,30). The Morgan fingerprint density at radius 3 is 2.65 bits per heavy atom. The fourth-order valence-electron chi connectivity index (χ4n) is 4.74. The van der Waals surface area contributed by atoms with Crippen molar-refractivity contribution in [2.75, 3.05) is 31.1 Å². The van der Waals surface area contributed by atoms with Crippen LogP contribution in [-0.4, -0.2) is 57.7 Å². The second-order valence-electron chi connectivity index (χ2n) is 8.20. The van der Waals surface area contributed by atoms with Crippen molar-refractivity contribution in [3.8, 4) is 11.4 Å². The van der Waals surface area contributed by atoms with Crippen molar-refractivity contribution < 1.29 is 9.90 Å². The fraction of sp³-hybridized carbons (Fsp3) is 0.348. The number of piperidine rings is 1. The van der Waals surface area contributed by atoms with Gasteiger partial charge in [-0.05, 0) is 43.2 Å². The summed E-state index contributed by atoms with van der Waals surface area (Å²) in [6, 6.07) is 13.2. The second-order valence-corrected chi connectivity index (χ2v) is 8.63. The summed E-state index contributed by atoms with van der Waals surface area (Å²) >= 11 is 6.12. The minimum absolute atomic E-state index is 0.302. The summed E-state index contributed by atoms with van der Waals surface area (Å²) in [6.45, 7) is 3.71. The zero-order valence-corrected chi connectivity index (χ0v) is 17.8. The van der Waals surface area contributed by atoms with Crippen molar-refractivity contribution in [1.82, 2.24) is 14.5 Å². The van der Waals surface area contributed by atoms with Crippen LogP contribution in [0.1, 0.15) is 12.8 Å². The van der Waals surface area contributed by atoms with Crippen molar-refractivity contribution in [2.45, 2.75) is 25.4 Å². The third kappa shape index (κ3) is 3.79. The Hall–Kier alpha value is -2.90. The molecule has 1 aromatic heterocycles. The van der Waals surface area contributed by atoms with Gasteiger partial charge in [0.05, 0.1) is 10.9 Å². The quantitative estimate of drug-likeness (QED) is 0.674. The second kappa shape index (κ2) is 7.98. The van der Waals surface area contributed by atoms with E-state index >= 15 is 0 Å². The number of carboxylic acid groups (broad SMARTS) is 1. The largest absolute Gasteiger partial charge is 0.480 e. The highest BCUT2D eigenvalue weighted by atomic mass is 35.5. The molecule has 31 heavy (non-hydrogen) atoms. The molecule has 3 saturated heterocycles. The molecule has 2 bridgehead atoms. The SMILES string of the molecule is O=C(O)Cn1c(-c2cccc(Cl)c2)nc2ccc(N3CCN4CCC3CC4)cc2c1=O. The maximum atomic E-state index is 13.4. The number of benzene rings is 2. The topological polar surface area (TPSA) is 78.7 Å². The summed E-state index contributed by atoms with van der Waals surface area (Å²) < 4.78 is 1.22. The van der Waals surface area contributed by atoms with Gasteiger partial charge in [-0.2, -0.15) is 0 Å². The van der Waals surface area contributed by atoms with Crippen LogP contribution in [0.15, 0.2) is 47.3 Å². The monoisotopic (exact) mass is 438 g/mol. The summed E-state index contributed by atoms with van der Waals surface area (Å²) in [6.07, 6.45) is 2.24. The lowest BCUT2D eigenvalue weighted by molar-refractivity contribution is -0.137. The molecule has 0 saturated carbocycles. The first-order valence-electron chi connectivity index (χ1n) is 10.5. The van der Waals surface area contributed by atoms with E-state index in [1.807, 2.05) is 18.2 Å². The lowest BCUT2D eigenvalue weighted by Gasteiger charge is -2.33. The van der Waals surface area contributed by atoms with E-state index in [9.17, 15) is 14.7 Å². The Bertz CT molecular complexity index is 1220. The third-order valence-corrected chi connectivity index (χ3v) is 6.54. The van der Waals surface area contributed by atoms with Crippen LogP contribution in [-0.2, 0) is 11.3 Å². The van der Waals surface area contributed by atoms with Crippen LogP contribution >= 0.6 is 11.6 Å². The molecule has 3 aromatic rings. The minimum atomic E-state index is -1.10. The summed E-state index contributed by atoms with van der Waals surface area (Å²) in [4.78, 5) is 34.5. The van der Waals surface area contributed by atoms with E-state index in [0.29, 0.717) is 33.4 Å². The fourth-order valence-corrected chi connectivity index (χ4v) is 4.93. The number of carboxylic acids is 1. The smallest absolute Gasteiger partial charge is 0.323 e. The van der Waals surface area contributed by atoms with Crippen LogP contribution in [0.25, 0.3) is 22.3 Å². The Labute approximate surface area is 184 Å². The van der Waals surface area contributed by atoms with Gasteiger partial charge in [0.25, 0.3) is 5.56 Å². The van der Waals surface area contributed by atoms with Gasteiger partial charge in [0.15, 0.2) is 0 Å². The molecule has 3 fully saturated rings. The van der Waals surface area contributed by atoms with Gasteiger partial charge in [-0.3, -0.25) is 14.2 Å². The van der Waals surface area contributed by atoms with Gasteiger partial charge in [0.1, 0.15) is 12.4 Å². The van der Waals surface area contributed by atoms with Gasteiger partial charge in [0.2, 0.25) is 0 Å². The molecule has 3 aliphatic heterocycles. The molecule has 0 radical (unpaired) electrons. The number of carbonyl (C=O) groups is 1. The van der Waals surface area contributed by atoms with Crippen LogP contribution in [0, 0.1) is 0 Å². The van der Waals surface area contributed by atoms with Crippen molar-refractivity contribution in [2.24, 2.45) is 0 Å². The molecule has 1 N–H and O–H groups in total. The van der Waals surface area contributed by atoms with Crippen LogP contribution in [0.3, 0.4) is 0 Å². The number of nitrogens with zero attached hydrogens (tertiary/aromatic N) is 4. The first-order valence-corrected chi connectivity index (χ1v) is 10.9. The Balaban J connectivity index is 1.65. The van der Waals surface area contributed by atoms with Gasteiger partial charge < -0.3 is 14.9 Å². The van der Waals surface area contributed by atoms with E-state index in [1.165, 1.54) is 4.57 Å². The third-order valence-electron chi connectivity index (χ3n) is 6.30. The highest BCUT2D eigenvalue weighted by molar-refractivity contribution is 6.30. The molecule has 4 heterocycles. The number of aliphatic carboxylic acids is 1. The predicted molar refractivity (Wildman–Crippen MR) is 121 cm³/mol. The number of anilines is 1. The van der Waals surface area contributed by atoms with Gasteiger partial charge in [-0.25, -0.2) is 4.98 Å². The first kappa shape index (κ1) is 20.0. The molecule has 2 aromatic carbocycles. The van der Waals surface area contributed by atoms with E-state index in [-0.39, 0.29) is 5.56 Å². The highest BCUT2D eigenvalue weighted by Gasteiger charge is 2.29. The average Bonchev–Trinajstić information content (AvgIpc) is 3.09. The van der Waals surface area contributed by atoms with Crippen molar-refractivity contribution in [3.63, 3.8) is 0 Å². The van der Waals surface area contributed by atoms with E-state index in [0.717, 1.165) is 44.7 Å². The maximum absolute atomic E-state index is 13.4. The molecule has 0 unspecified atom stereocenters. The number of hydrogen-bond donors (Lipinski definition) is 1. The number of aromatic nitrogens is 2. The van der Waals surface area contributed by atoms with E-state index in [1.54, 1.807) is 24.3 Å². The Morgan fingerprint density at radius 2 is 1.90 bits per heavy atom. The molecule has 0 amide bonds. The lowest BCUT2D eigenvalue weighted by atomic mass is 10.0. The van der Waals surface area contributed by atoms with E-state index < -0.39 is 12.5 Å². The number of fused-ring (bicyclic) bond motifs is 5. The number of rotatable bonds is 4. The first-order chi connectivity index (χ1) is 15.0. The van der Waals surface area contributed by atoms with Crippen molar-refractivity contribution >= 4 is 34.2 Å². The lowest BCUT2D eigenvalue weighted by Crippen LogP contribution is -2.38. The molecule has 7 nitrogen and oxygen atoms in total. The maximum Gasteiger partial charge on any atom is 0.323 e. The normalized spacial score (nSPS) is 20.7. The molecule has 8 heteroatoms. The molecule has 0 spiro atoms. The summed E-state index contributed by atoms with van der Waals surface area (Å²) in [7, 11) is 0. The number of halogens is 1. The van der Waals surface area contributed by atoms with Gasteiger partial charge >= 0.3 is 5.97 Å². The average molecular weight is 439 g/mol. The summed E-state index contributed by atoms with van der Waals surface area (Å²) in [5.41, 5.74) is 1.80. The van der Waals surface area contributed by atoms with E-state index in [4.69, 9.17) is 11.6 Å². The van der Waals surface area contributed by atoms with Gasteiger partial charge in [0, 0.05) is 48.5 Å². The zero-order valence-electron chi connectivity index (χ0n) is 17.0. The Kier molecular flexibility index (Phi) is 5.16. The summed E-state index contributed by atoms with van der Waals surface area (Å²) in [5, 5.41) is 10.4. The molecule has 3 aliphatic rings. The molecular weight excluding hydrogens is 416 g/mol. The van der Waals surface area contributed by atoms with Crippen molar-refractivity contribution in [3.05, 3.63) is 57.8 Å². The molecule has 0 aliphatic carbocycles. The molecule has 160 valence electrons.